The molecule has 2 aromatic heterocycles. The van der Waals surface area contributed by atoms with Crippen LogP contribution >= 0.6 is 27.3 Å². The third-order valence-electron chi connectivity index (χ3n) is 3.31. The van der Waals surface area contributed by atoms with Gasteiger partial charge in [-0.1, -0.05) is 0 Å². The molecule has 2 aromatic rings. The minimum absolute atomic E-state index is 0.0516. The number of ether oxygens (including phenoxy) is 1. The van der Waals surface area contributed by atoms with Gasteiger partial charge in [0.15, 0.2) is 4.60 Å². The Morgan fingerprint density at radius 2 is 2.20 bits per heavy atom. The largest absolute Gasteiger partial charge is 0.378 e. The first-order chi connectivity index (χ1) is 9.59. The lowest BCUT2D eigenvalue weighted by atomic mass is 10.2. The van der Waals surface area contributed by atoms with Crippen molar-refractivity contribution < 1.29 is 9.66 Å². The van der Waals surface area contributed by atoms with Crippen molar-refractivity contribution in [2.75, 3.05) is 31.2 Å². The summed E-state index contributed by atoms with van der Waals surface area (Å²) in [6.45, 7) is 4.71. The maximum Gasteiger partial charge on any atom is 0.310 e. The number of anilines is 1. The molecule has 1 aliphatic heterocycles. The minimum atomic E-state index is -0.373. The second-order valence-electron chi connectivity index (χ2n) is 4.55. The fourth-order valence-corrected chi connectivity index (χ4v) is 3.94. The molecule has 20 heavy (non-hydrogen) atoms. The Bertz CT molecular complexity index is 682. The molecular weight excluding hydrogens is 346 g/mol. The molecule has 0 N–H and O–H groups in total. The number of nitro groups is 1. The predicted molar refractivity (Wildman–Crippen MR) is 81.7 cm³/mol. The van der Waals surface area contributed by atoms with E-state index >= 15 is 0 Å². The Hall–Kier alpha value is -1.25. The van der Waals surface area contributed by atoms with E-state index in [2.05, 4.69) is 25.8 Å². The van der Waals surface area contributed by atoms with Crippen LogP contribution in [0.25, 0.3) is 10.1 Å². The second kappa shape index (κ2) is 5.27. The molecule has 0 amide bonds. The summed E-state index contributed by atoms with van der Waals surface area (Å²) in [5.41, 5.74) is 0.963. The van der Waals surface area contributed by atoms with Crippen molar-refractivity contribution in [2.24, 2.45) is 0 Å². The lowest BCUT2D eigenvalue weighted by Gasteiger charge is -2.28. The van der Waals surface area contributed by atoms with Crippen LogP contribution in [0.5, 0.6) is 0 Å². The van der Waals surface area contributed by atoms with Gasteiger partial charge < -0.3 is 9.64 Å². The molecule has 1 fully saturated rings. The number of nitrogens with zero attached hydrogens (tertiary/aromatic N) is 3. The van der Waals surface area contributed by atoms with Crippen molar-refractivity contribution in [2.45, 2.75) is 6.92 Å². The van der Waals surface area contributed by atoms with Crippen molar-refractivity contribution in [3.63, 3.8) is 0 Å². The van der Waals surface area contributed by atoms with Gasteiger partial charge in [-0.15, -0.1) is 11.3 Å². The molecule has 106 valence electrons. The Labute approximate surface area is 127 Å². The molecular formula is C12H12BrN3O3S. The van der Waals surface area contributed by atoms with Crippen LogP contribution in [0.3, 0.4) is 0 Å². The number of hydrogen-bond acceptors (Lipinski definition) is 6. The summed E-state index contributed by atoms with van der Waals surface area (Å²) in [6.07, 6.45) is 0. The Morgan fingerprint density at radius 1 is 1.50 bits per heavy atom. The van der Waals surface area contributed by atoms with Gasteiger partial charge in [0.2, 0.25) is 0 Å². The number of thiophene rings is 1. The van der Waals surface area contributed by atoms with Gasteiger partial charge >= 0.3 is 5.69 Å². The van der Waals surface area contributed by atoms with Gasteiger partial charge in [-0.25, -0.2) is 4.98 Å². The number of hydrogen-bond donors (Lipinski definition) is 0. The first-order valence-corrected chi connectivity index (χ1v) is 7.81. The topological polar surface area (TPSA) is 68.5 Å². The highest BCUT2D eigenvalue weighted by Gasteiger charge is 2.27. The van der Waals surface area contributed by atoms with E-state index in [0.717, 1.165) is 29.2 Å². The number of rotatable bonds is 2. The van der Waals surface area contributed by atoms with E-state index in [4.69, 9.17) is 4.74 Å². The summed E-state index contributed by atoms with van der Waals surface area (Å²) < 4.78 is 6.51. The number of aryl methyl sites for hydroxylation is 1. The molecule has 3 rings (SSSR count). The van der Waals surface area contributed by atoms with E-state index in [1.165, 1.54) is 11.3 Å². The summed E-state index contributed by atoms with van der Waals surface area (Å²) in [6, 6.07) is 0. The zero-order chi connectivity index (χ0) is 14.3. The lowest BCUT2D eigenvalue weighted by Crippen LogP contribution is -2.36. The van der Waals surface area contributed by atoms with E-state index in [1.807, 2.05) is 12.3 Å². The normalized spacial score (nSPS) is 15.8. The zero-order valence-electron chi connectivity index (χ0n) is 10.8. The molecule has 1 aliphatic rings. The summed E-state index contributed by atoms with van der Waals surface area (Å²) in [5, 5.41) is 13.9. The summed E-state index contributed by atoms with van der Waals surface area (Å²) in [5.74, 6) is 0.805. The number of fused-ring (bicyclic) bond motifs is 1. The van der Waals surface area contributed by atoms with Crippen LogP contribution in [-0.4, -0.2) is 36.2 Å². The predicted octanol–water partition coefficient (Wildman–Crippen LogP) is 3.11. The van der Waals surface area contributed by atoms with Crippen LogP contribution < -0.4 is 4.90 Å². The van der Waals surface area contributed by atoms with E-state index in [9.17, 15) is 10.1 Å². The van der Waals surface area contributed by atoms with Crippen LogP contribution in [0, 0.1) is 17.0 Å². The Kier molecular flexibility index (Phi) is 3.61. The SMILES string of the molecule is Cc1csc2c(N3CCOCC3)nc(Br)c([N+](=O)[O-])c12. The zero-order valence-corrected chi connectivity index (χ0v) is 13.2. The monoisotopic (exact) mass is 357 g/mol. The fourth-order valence-electron chi connectivity index (χ4n) is 2.36. The van der Waals surface area contributed by atoms with Crippen LogP contribution in [0.1, 0.15) is 5.56 Å². The average molecular weight is 358 g/mol. The van der Waals surface area contributed by atoms with Crippen molar-refractivity contribution in [3.8, 4) is 0 Å². The van der Waals surface area contributed by atoms with Crippen molar-refractivity contribution in [1.29, 1.82) is 0 Å². The van der Waals surface area contributed by atoms with Gasteiger partial charge in [-0.3, -0.25) is 10.1 Å². The van der Waals surface area contributed by atoms with Crippen molar-refractivity contribution in [1.82, 2.24) is 4.98 Å². The quantitative estimate of drug-likeness (QED) is 0.469. The van der Waals surface area contributed by atoms with Gasteiger partial charge in [0.05, 0.1) is 28.2 Å². The van der Waals surface area contributed by atoms with Gasteiger partial charge in [0, 0.05) is 13.1 Å². The molecule has 8 heteroatoms. The van der Waals surface area contributed by atoms with Gasteiger partial charge in [0.25, 0.3) is 0 Å². The number of morpholine rings is 1. The maximum absolute atomic E-state index is 11.3. The molecule has 3 heterocycles. The van der Waals surface area contributed by atoms with Crippen LogP contribution in [0.15, 0.2) is 9.98 Å². The summed E-state index contributed by atoms with van der Waals surface area (Å²) in [7, 11) is 0. The van der Waals surface area contributed by atoms with Crippen LogP contribution in [-0.2, 0) is 4.74 Å². The Morgan fingerprint density at radius 3 is 2.85 bits per heavy atom. The van der Waals surface area contributed by atoms with Crippen molar-refractivity contribution in [3.05, 3.63) is 25.7 Å². The molecule has 0 radical (unpaired) electrons. The molecule has 0 aliphatic carbocycles. The van der Waals surface area contributed by atoms with Gasteiger partial charge in [-0.2, -0.15) is 0 Å². The molecule has 0 atom stereocenters. The van der Waals surface area contributed by atoms with E-state index < -0.39 is 0 Å². The molecule has 0 aromatic carbocycles. The molecule has 0 unspecified atom stereocenters. The second-order valence-corrected chi connectivity index (χ2v) is 6.18. The molecule has 6 nitrogen and oxygen atoms in total. The van der Waals surface area contributed by atoms with Gasteiger partial charge in [0.1, 0.15) is 5.82 Å². The third-order valence-corrected chi connectivity index (χ3v) is 4.95. The summed E-state index contributed by atoms with van der Waals surface area (Å²) in [4.78, 5) is 17.4. The fraction of sp³-hybridized carbons (Fsp3) is 0.417. The maximum atomic E-state index is 11.3. The van der Waals surface area contributed by atoms with Crippen molar-refractivity contribution >= 4 is 48.9 Å². The lowest BCUT2D eigenvalue weighted by molar-refractivity contribution is -0.384. The molecule has 0 bridgehead atoms. The number of halogens is 1. The van der Waals surface area contributed by atoms with E-state index in [-0.39, 0.29) is 15.2 Å². The minimum Gasteiger partial charge on any atom is -0.378 e. The summed E-state index contributed by atoms with van der Waals surface area (Å²) >= 11 is 4.75. The van der Waals surface area contributed by atoms with E-state index in [0.29, 0.717) is 18.6 Å². The van der Waals surface area contributed by atoms with E-state index in [1.54, 1.807) is 0 Å². The molecule has 1 saturated heterocycles. The average Bonchev–Trinajstić information content (AvgIpc) is 2.81. The van der Waals surface area contributed by atoms with Crippen LogP contribution in [0.2, 0.25) is 0 Å². The van der Waals surface area contributed by atoms with Gasteiger partial charge in [-0.05, 0) is 33.8 Å². The number of aromatic nitrogens is 1. The Balaban J connectivity index is 2.24. The highest BCUT2D eigenvalue weighted by molar-refractivity contribution is 9.10. The highest BCUT2D eigenvalue weighted by atomic mass is 79.9. The standard InChI is InChI=1S/C12H12BrN3O3S/c1-7-6-20-10-8(7)9(16(17)18)11(13)14-12(10)15-2-4-19-5-3-15/h6H,2-5H2,1H3. The molecule has 0 spiro atoms. The third kappa shape index (κ3) is 2.17. The molecule has 0 saturated carbocycles. The first-order valence-electron chi connectivity index (χ1n) is 6.14. The first kappa shape index (κ1) is 13.7. The smallest absolute Gasteiger partial charge is 0.310 e. The van der Waals surface area contributed by atoms with Crippen LogP contribution in [0.4, 0.5) is 11.5 Å². The number of pyridine rings is 1. The highest BCUT2D eigenvalue weighted by Crippen LogP contribution is 2.42.